The highest BCUT2D eigenvalue weighted by Gasteiger charge is 2.32. The third-order valence-corrected chi connectivity index (χ3v) is 5.00. The number of anilines is 1. The Bertz CT molecular complexity index is 988. The second-order valence-electron chi connectivity index (χ2n) is 6.31. The number of methoxy groups -OCH3 is 1. The molecule has 4 rings (SSSR count). The minimum Gasteiger partial charge on any atom is -0.496 e. The first-order valence-corrected chi connectivity index (χ1v) is 9.05. The smallest absolute Gasteiger partial charge is 0.124 e. The van der Waals surface area contributed by atoms with Crippen molar-refractivity contribution in [2.45, 2.75) is 12.5 Å². The van der Waals surface area contributed by atoms with Gasteiger partial charge in [-0.1, -0.05) is 54.1 Å². The van der Waals surface area contributed by atoms with Gasteiger partial charge in [-0.15, -0.1) is 0 Å². The lowest BCUT2D eigenvalue weighted by Crippen LogP contribution is -2.19. The van der Waals surface area contributed by atoms with Crippen molar-refractivity contribution in [1.29, 1.82) is 0 Å². The highest BCUT2D eigenvalue weighted by molar-refractivity contribution is 6.33. The Hall–Kier alpha value is -2.85. The number of hydrogen-bond acceptors (Lipinski definition) is 3. The maximum absolute atomic E-state index is 13.3. The molecule has 0 aliphatic carbocycles. The van der Waals surface area contributed by atoms with Crippen LogP contribution in [0, 0.1) is 5.82 Å². The molecule has 1 heterocycles. The average molecular weight is 381 g/mol. The lowest BCUT2D eigenvalue weighted by atomic mass is 9.97. The first-order chi connectivity index (χ1) is 13.2. The van der Waals surface area contributed by atoms with Crippen molar-refractivity contribution in [3.05, 3.63) is 94.8 Å². The highest BCUT2D eigenvalue weighted by atomic mass is 35.5. The zero-order valence-corrected chi connectivity index (χ0v) is 15.5. The Morgan fingerprint density at radius 3 is 2.44 bits per heavy atom. The van der Waals surface area contributed by atoms with Gasteiger partial charge < -0.3 is 4.74 Å². The van der Waals surface area contributed by atoms with Gasteiger partial charge in [0.15, 0.2) is 0 Å². The zero-order chi connectivity index (χ0) is 18.8. The van der Waals surface area contributed by atoms with E-state index in [4.69, 9.17) is 21.4 Å². The number of para-hydroxylation sites is 2. The highest BCUT2D eigenvalue weighted by Crippen LogP contribution is 2.42. The fraction of sp³-hybridized carbons (Fsp3) is 0.136. The largest absolute Gasteiger partial charge is 0.496 e. The number of nitrogens with zero attached hydrogens (tertiary/aromatic N) is 2. The number of rotatable bonds is 4. The summed E-state index contributed by atoms with van der Waals surface area (Å²) in [6.07, 6.45) is 0.664. The number of ether oxygens (including phenoxy) is 1. The van der Waals surface area contributed by atoms with Crippen LogP contribution >= 0.6 is 11.6 Å². The van der Waals surface area contributed by atoms with Crippen molar-refractivity contribution in [2.75, 3.05) is 12.1 Å². The van der Waals surface area contributed by atoms with E-state index in [9.17, 15) is 4.39 Å². The molecule has 0 saturated carbocycles. The summed E-state index contributed by atoms with van der Waals surface area (Å²) in [4.78, 5) is 0. The second-order valence-corrected chi connectivity index (χ2v) is 6.72. The average Bonchev–Trinajstić information content (AvgIpc) is 3.13. The molecule has 0 saturated heterocycles. The van der Waals surface area contributed by atoms with E-state index in [2.05, 4.69) is 0 Å². The molecule has 3 aromatic rings. The molecule has 3 aromatic carbocycles. The van der Waals surface area contributed by atoms with E-state index in [-0.39, 0.29) is 11.9 Å². The van der Waals surface area contributed by atoms with Crippen LogP contribution in [0.3, 0.4) is 0 Å². The van der Waals surface area contributed by atoms with E-state index >= 15 is 0 Å². The summed E-state index contributed by atoms with van der Waals surface area (Å²) in [7, 11) is 1.66. The molecule has 0 unspecified atom stereocenters. The van der Waals surface area contributed by atoms with Gasteiger partial charge in [-0.3, -0.25) is 5.01 Å². The van der Waals surface area contributed by atoms with E-state index in [0.717, 1.165) is 28.3 Å². The predicted octanol–water partition coefficient (Wildman–Crippen LogP) is 5.84. The number of hydrazone groups is 1. The standard InChI is InChI=1S/C22H18ClFN2O/c1-27-22-9-5-2-6-17(22)21-14-19(15-10-12-16(24)13-11-15)25-26(21)20-8-4-3-7-18(20)23/h2-13,21H,14H2,1H3/t21-/m1/s1. The summed E-state index contributed by atoms with van der Waals surface area (Å²) in [6.45, 7) is 0. The summed E-state index contributed by atoms with van der Waals surface area (Å²) in [5.41, 5.74) is 3.63. The van der Waals surface area contributed by atoms with E-state index in [1.807, 2.05) is 53.5 Å². The summed E-state index contributed by atoms with van der Waals surface area (Å²) >= 11 is 6.45. The monoisotopic (exact) mass is 380 g/mol. The van der Waals surface area contributed by atoms with Crippen LogP contribution in [-0.2, 0) is 0 Å². The van der Waals surface area contributed by atoms with Crippen molar-refractivity contribution >= 4 is 23.0 Å². The summed E-state index contributed by atoms with van der Waals surface area (Å²) in [5, 5.41) is 7.40. The minimum absolute atomic E-state index is 0.0684. The van der Waals surface area contributed by atoms with Crippen molar-refractivity contribution in [2.24, 2.45) is 5.10 Å². The van der Waals surface area contributed by atoms with E-state index in [1.165, 1.54) is 12.1 Å². The van der Waals surface area contributed by atoms with Crippen LogP contribution in [0.1, 0.15) is 23.6 Å². The molecule has 27 heavy (non-hydrogen) atoms. The molecule has 0 aromatic heterocycles. The van der Waals surface area contributed by atoms with Crippen LogP contribution in [0.4, 0.5) is 10.1 Å². The molecule has 0 fully saturated rings. The lowest BCUT2D eigenvalue weighted by Gasteiger charge is -2.26. The molecule has 0 N–H and O–H groups in total. The van der Waals surface area contributed by atoms with Gasteiger partial charge in [0.05, 0.1) is 29.6 Å². The number of benzene rings is 3. The molecular weight excluding hydrogens is 363 g/mol. The quantitative estimate of drug-likeness (QED) is 0.567. The molecule has 3 nitrogen and oxygen atoms in total. The maximum Gasteiger partial charge on any atom is 0.124 e. The molecule has 136 valence electrons. The normalized spacial score (nSPS) is 16.3. The first-order valence-electron chi connectivity index (χ1n) is 8.67. The van der Waals surface area contributed by atoms with Crippen molar-refractivity contribution in [3.8, 4) is 5.75 Å². The van der Waals surface area contributed by atoms with Gasteiger partial charge in [-0.05, 0) is 35.9 Å². The van der Waals surface area contributed by atoms with Gasteiger partial charge in [0.2, 0.25) is 0 Å². The summed E-state index contributed by atoms with van der Waals surface area (Å²) < 4.78 is 18.9. The Morgan fingerprint density at radius 2 is 1.70 bits per heavy atom. The Kier molecular flexibility index (Phi) is 4.82. The van der Waals surface area contributed by atoms with Gasteiger partial charge in [0.25, 0.3) is 0 Å². The third-order valence-electron chi connectivity index (χ3n) is 4.69. The first kappa shape index (κ1) is 17.6. The number of hydrogen-bond donors (Lipinski definition) is 0. The van der Waals surface area contributed by atoms with E-state index in [1.54, 1.807) is 19.2 Å². The fourth-order valence-corrected chi connectivity index (χ4v) is 3.59. The molecule has 0 bridgehead atoms. The van der Waals surface area contributed by atoms with Crippen LogP contribution in [-0.4, -0.2) is 12.8 Å². The molecular formula is C22H18ClFN2O. The molecule has 0 amide bonds. The maximum atomic E-state index is 13.3. The molecule has 5 heteroatoms. The minimum atomic E-state index is -0.262. The van der Waals surface area contributed by atoms with E-state index in [0.29, 0.717) is 11.4 Å². The third kappa shape index (κ3) is 3.40. The van der Waals surface area contributed by atoms with Crippen molar-refractivity contribution in [3.63, 3.8) is 0 Å². The second kappa shape index (κ2) is 7.41. The van der Waals surface area contributed by atoms with Crippen LogP contribution in [0.5, 0.6) is 5.75 Å². The topological polar surface area (TPSA) is 24.8 Å². The van der Waals surface area contributed by atoms with E-state index < -0.39 is 0 Å². The fourth-order valence-electron chi connectivity index (χ4n) is 3.37. The van der Waals surface area contributed by atoms with Gasteiger partial charge in [-0.2, -0.15) is 5.10 Å². The van der Waals surface area contributed by atoms with Crippen molar-refractivity contribution in [1.82, 2.24) is 0 Å². The van der Waals surface area contributed by atoms with Crippen molar-refractivity contribution < 1.29 is 9.13 Å². The summed E-state index contributed by atoms with van der Waals surface area (Å²) in [6, 6.07) is 21.9. The Labute approximate surface area is 162 Å². The van der Waals surface area contributed by atoms with Gasteiger partial charge in [0.1, 0.15) is 11.6 Å². The Morgan fingerprint density at radius 1 is 1.00 bits per heavy atom. The van der Waals surface area contributed by atoms with Crippen LogP contribution in [0.2, 0.25) is 5.02 Å². The Balaban J connectivity index is 1.80. The SMILES string of the molecule is COc1ccccc1[C@H]1CC(c2ccc(F)cc2)=NN1c1ccccc1Cl. The number of halogens is 2. The molecule has 0 spiro atoms. The molecule has 1 aliphatic heterocycles. The van der Waals surface area contributed by atoms with Gasteiger partial charge in [-0.25, -0.2) is 4.39 Å². The van der Waals surface area contributed by atoms with Crippen LogP contribution in [0.15, 0.2) is 77.9 Å². The van der Waals surface area contributed by atoms with Crippen LogP contribution in [0.25, 0.3) is 0 Å². The zero-order valence-electron chi connectivity index (χ0n) is 14.8. The predicted molar refractivity (Wildman–Crippen MR) is 107 cm³/mol. The molecule has 1 aliphatic rings. The molecule has 0 radical (unpaired) electrons. The van der Waals surface area contributed by atoms with Gasteiger partial charge in [0, 0.05) is 12.0 Å². The lowest BCUT2D eigenvalue weighted by molar-refractivity contribution is 0.405. The van der Waals surface area contributed by atoms with Gasteiger partial charge >= 0.3 is 0 Å². The summed E-state index contributed by atoms with van der Waals surface area (Å²) in [5.74, 6) is 0.539. The molecule has 1 atom stereocenters. The van der Waals surface area contributed by atoms with Crippen LogP contribution < -0.4 is 9.75 Å².